The third kappa shape index (κ3) is 5.89. The maximum Gasteiger partial charge on any atom is 0.326 e. The smallest absolute Gasteiger partial charge is 0.326 e. The summed E-state index contributed by atoms with van der Waals surface area (Å²) in [5.74, 6) is -1.18. The second kappa shape index (κ2) is 7.09. The molecule has 3 N–H and O–H groups in total. The van der Waals surface area contributed by atoms with Crippen LogP contribution in [0.1, 0.15) is 27.7 Å². The SMILES string of the molecule is CC(C)C(NC(=O)N1CCN(CC(C)(C)O)CC1)C(=O)O. The van der Waals surface area contributed by atoms with E-state index in [0.29, 0.717) is 32.7 Å². The molecule has 1 fully saturated rings. The van der Waals surface area contributed by atoms with Crippen LogP contribution in [0.15, 0.2) is 0 Å². The summed E-state index contributed by atoms with van der Waals surface area (Å²) in [6.45, 7) is 10.0. The van der Waals surface area contributed by atoms with Gasteiger partial charge in [-0.15, -0.1) is 0 Å². The highest BCUT2D eigenvalue weighted by atomic mass is 16.4. The Balaban J connectivity index is 2.46. The topological polar surface area (TPSA) is 93.1 Å². The van der Waals surface area contributed by atoms with Crippen molar-refractivity contribution in [2.75, 3.05) is 32.7 Å². The molecule has 0 aromatic heterocycles. The maximum absolute atomic E-state index is 12.1. The van der Waals surface area contributed by atoms with Gasteiger partial charge in [-0.1, -0.05) is 13.8 Å². The first-order valence-electron chi connectivity index (χ1n) is 7.33. The van der Waals surface area contributed by atoms with Gasteiger partial charge in [0.05, 0.1) is 5.60 Å². The molecule has 0 spiro atoms. The van der Waals surface area contributed by atoms with Gasteiger partial charge in [-0.2, -0.15) is 0 Å². The van der Waals surface area contributed by atoms with E-state index in [2.05, 4.69) is 10.2 Å². The Labute approximate surface area is 125 Å². The van der Waals surface area contributed by atoms with Crippen LogP contribution in [0.2, 0.25) is 0 Å². The number of carbonyl (C=O) groups excluding carboxylic acids is 1. The predicted molar refractivity (Wildman–Crippen MR) is 79.1 cm³/mol. The van der Waals surface area contributed by atoms with Crippen LogP contribution in [0.3, 0.4) is 0 Å². The number of hydrogen-bond donors (Lipinski definition) is 3. The minimum absolute atomic E-state index is 0.164. The van der Waals surface area contributed by atoms with Gasteiger partial charge >= 0.3 is 12.0 Å². The first-order chi connectivity index (χ1) is 9.60. The summed E-state index contributed by atoms with van der Waals surface area (Å²) in [6, 6.07) is -1.20. The van der Waals surface area contributed by atoms with Gasteiger partial charge in [0.15, 0.2) is 0 Å². The normalized spacial score (nSPS) is 18.7. The molecule has 1 unspecified atom stereocenters. The fourth-order valence-electron chi connectivity index (χ4n) is 2.39. The van der Waals surface area contributed by atoms with Crippen LogP contribution in [0.5, 0.6) is 0 Å². The van der Waals surface area contributed by atoms with E-state index in [-0.39, 0.29) is 11.9 Å². The van der Waals surface area contributed by atoms with Gasteiger partial charge in [0.1, 0.15) is 6.04 Å². The van der Waals surface area contributed by atoms with Crippen LogP contribution in [-0.4, -0.2) is 76.4 Å². The minimum atomic E-state index is -1.01. The molecule has 1 atom stereocenters. The number of nitrogens with one attached hydrogen (secondary N) is 1. The third-order valence-electron chi connectivity index (χ3n) is 3.48. The van der Waals surface area contributed by atoms with Gasteiger partial charge in [0.25, 0.3) is 0 Å². The van der Waals surface area contributed by atoms with Crippen LogP contribution >= 0.6 is 0 Å². The lowest BCUT2D eigenvalue weighted by molar-refractivity contribution is -0.140. The molecule has 21 heavy (non-hydrogen) atoms. The monoisotopic (exact) mass is 301 g/mol. The quantitative estimate of drug-likeness (QED) is 0.674. The number of β-amino-alcohol motifs (C(OH)–C–C–N with tert-alkyl or cyclic N) is 1. The van der Waals surface area contributed by atoms with Crippen LogP contribution in [0, 0.1) is 5.92 Å². The molecule has 7 heteroatoms. The van der Waals surface area contributed by atoms with Crippen molar-refractivity contribution in [1.82, 2.24) is 15.1 Å². The van der Waals surface area contributed by atoms with E-state index in [1.165, 1.54) is 0 Å². The molecular weight excluding hydrogens is 274 g/mol. The van der Waals surface area contributed by atoms with Crippen LogP contribution in [0.4, 0.5) is 4.79 Å². The van der Waals surface area contributed by atoms with Gasteiger partial charge in [0.2, 0.25) is 0 Å². The van der Waals surface area contributed by atoms with Crippen molar-refractivity contribution in [3.63, 3.8) is 0 Å². The molecule has 1 aliphatic heterocycles. The molecule has 0 bridgehead atoms. The van der Waals surface area contributed by atoms with Crippen LogP contribution in [-0.2, 0) is 4.79 Å². The van der Waals surface area contributed by atoms with Gasteiger partial charge in [-0.25, -0.2) is 9.59 Å². The lowest BCUT2D eigenvalue weighted by Gasteiger charge is -2.37. The Hall–Kier alpha value is -1.34. The van der Waals surface area contributed by atoms with Crippen molar-refractivity contribution >= 4 is 12.0 Å². The van der Waals surface area contributed by atoms with E-state index >= 15 is 0 Å². The van der Waals surface area contributed by atoms with Gasteiger partial charge in [0, 0.05) is 32.7 Å². The van der Waals surface area contributed by atoms with Crippen molar-refractivity contribution in [1.29, 1.82) is 0 Å². The van der Waals surface area contributed by atoms with Crippen molar-refractivity contribution in [3.8, 4) is 0 Å². The molecule has 2 amide bonds. The zero-order valence-electron chi connectivity index (χ0n) is 13.3. The first kappa shape index (κ1) is 17.7. The van der Waals surface area contributed by atoms with Crippen LogP contribution in [0.25, 0.3) is 0 Å². The molecule has 1 aliphatic rings. The second-order valence-electron chi connectivity index (χ2n) is 6.59. The standard InChI is InChI=1S/C14H27N3O4/c1-10(2)11(12(18)19)15-13(20)17-7-5-16(6-8-17)9-14(3,4)21/h10-11,21H,5-9H2,1-4H3,(H,15,20)(H,18,19). The highest BCUT2D eigenvalue weighted by Gasteiger charge is 2.28. The summed E-state index contributed by atoms with van der Waals surface area (Å²) in [6.07, 6.45) is 0. The summed E-state index contributed by atoms with van der Waals surface area (Å²) in [7, 11) is 0. The molecule has 0 aliphatic carbocycles. The number of aliphatic hydroxyl groups is 1. The van der Waals surface area contributed by atoms with E-state index in [1.54, 1.807) is 32.6 Å². The second-order valence-corrected chi connectivity index (χ2v) is 6.59. The number of amides is 2. The molecule has 0 aromatic carbocycles. The summed E-state index contributed by atoms with van der Waals surface area (Å²) in [5, 5.41) is 21.4. The number of piperazine rings is 1. The number of carboxylic acid groups (broad SMARTS) is 1. The molecule has 0 aromatic rings. The highest BCUT2D eigenvalue weighted by molar-refractivity contribution is 5.82. The highest BCUT2D eigenvalue weighted by Crippen LogP contribution is 2.09. The zero-order valence-corrected chi connectivity index (χ0v) is 13.3. The fourth-order valence-corrected chi connectivity index (χ4v) is 2.39. The molecule has 0 saturated carbocycles. The van der Waals surface area contributed by atoms with E-state index in [0.717, 1.165) is 0 Å². The molecule has 0 radical (unpaired) electrons. The summed E-state index contributed by atoms with van der Waals surface area (Å²) in [5.41, 5.74) is -0.753. The molecule has 1 saturated heterocycles. The number of carbonyl (C=O) groups is 2. The number of urea groups is 1. The Kier molecular flexibility index (Phi) is 5.98. The number of hydrogen-bond acceptors (Lipinski definition) is 4. The molecule has 1 rings (SSSR count). The Morgan fingerprint density at radius 1 is 1.19 bits per heavy atom. The number of aliphatic carboxylic acids is 1. The first-order valence-corrected chi connectivity index (χ1v) is 7.33. The van der Waals surface area contributed by atoms with E-state index in [4.69, 9.17) is 5.11 Å². The third-order valence-corrected chi connectivity index (χ3v) is 3.48. The lowest BCUT2D eigenvalue weighted by atomic mass is 10.1. The van der Waals surface area contributed by atoms with Crippen molar-refractivity contribution < 1.29 is 19.8 Å². The lowest BCUT2D eigenvalue weighted by Crippen LogP contribution is -2.56. The molecule has 122 valence electrons. The fraction of sp³-hybridized carbons (Fsp3) is 0.857. The van der Waals surface area contributed by atoms with E-state index < -0.39 is 17.6 Å². The maximum atomic E-state index is 12.1. The Morgan fingerprint density at radius 3 is 2.10 bits per heavy atom. The Bertz CT molecular complexity index is 371. The Morgan fingerprint density at radius 2 is 1.71 bits per heavy atom. The van der Waals surface area contributed by atoms with Crippen molar-refractivity contribution in [2.45, 2.75) is 39.3 Å². The van der Waals surface area contributed by atoms with Gasteiger partial charge in [-0.05, 0) is 19.8 Å². The van der Waals surface area contributed by atoms with Crippen molar-refractivity contribution in [2.24, 2.45) is 5.92 Å². The van der Waals surface area contributed by atoms with Gasteiger partial charge in [-0.3, -0.25) is 4.90 Å². The molecular formula is C14H27N3O4. The van der Waals surface area contributed by atoms with Crippen LogP contribution < -0.4 is 5.32 Å². The molecule has 7 nitrogen and oxygen atoms in total. The number of carboxylic acids is 1. The summed E-state index contributed by atoms with van der Waals surface area (Å²) < 4.78 is 0. The van der Waals surface area contributed by atoms with Crippen molar-refractivity contribution in [3.05, 3.63) is 0 Å². The predicted octanol–water partition coefficient (Wildman–Crippen LogP) is 0.194. The van der Waals surface area contributed by atoms with E-state index in [9.17, 15) is 14.7 Å². The average molecular weight is 301 g/mol. The minimum Gasteiger partial charge on any atom is -0.480 e. The zero-order chi connectivity index (χ0) is 16.2. The summed E-state index contributed by atoms with van der Waals surface area (Å²) in [4.78, 5) is 26.9. The number of rotatable bonds is 5. The largest absolute Gasteiger partial charge is 0.480 e. The molecule has 1 heterocycles. The van der Waals surface area contributed by atoms with E-state index in [1.807, 2.05) is 0 Å². The average Bonchev–Trinajstić information content (AvgIpc) is 2.33. The number of nitrogens with zero attached hydrogens (tertiary/aromatic N) is 2. The summed E-state index contributed by atoms with van der Waals surface area (Å²) >= 11 is 0. The van der Waals surface area contributed by atoms with Gasteiger partial charge < -0.3 is 20.4 Å².